The molecule has 4 rings (SSSR count). The quantitative estimate of drug-likeness (QED) is 0.600. The Morgan fingerprint density at radius 1 is 1.14 bits per heavy atom. The second-order valence-electron chi connectivity index (χ2n) is 7.29. The standard InChI is InChI=1S/C20H22N4O4/c25-17-9-13(22-19(27)15-6-3-7-21-15)8-16(17)23-18(26)11-24-10-12-4-1-2-5-14(12)20(24)28/h1-7,13,16-17,21,25H,8-11H2,(H,22,27)(H,23,26)/t13-,16-,17-/m1/s1. The minimum atomic E-state index is -0.746. The number of carbonyl (C=O) groups is 3. The summed E-state index contributed by atoms with van der Waals surface area (Å²) < 4.78 is 0. The van der Waals surface area contributed by atoms with Crippen LogP contribution in [0.3, 0.4) is 0 Å². The molecule has 0 saturated heterocycles. The van der Waals surface area contributed by atoms with Gasteiger partial charge in [0.15, 0.2) is 0 Å². The number of benzene rings is 1. The van der Waals surface area contributed by atoms with Crippen LogP contribution in [0.4, 0.5) is 0 Å². The smallest absolute Gasteiger partial charge is 0.267 e. The Hall–Kier alpha value is -3.13. The van der Waals surface area contributed by atoms with Crippen molar-refractivity contribution in [1.29, 1.82) is 0 Å². The van der Waals surface area contributed by atoms with Gasteiger partial charge in [0.25, 0.3) is 11.8 Å². The fourth-order valence-electron chi connectivity index (χ4n) is 3.89. The molecule has 8 nitrogen and oxygen atoms in total. The van der Waals surface area contributed by atoms with Crippen LogP contribution in [0.5, 0.6) is 0 Å². The van der Waals surface area contributed by atoms with Crippen molar-refractivity contribution in [3.63, 3.8) is 0 Å². The van der Waals surface area contributed by atoms with Crippen molar-refractivity contribution >= 4 is 17.7 Å². The zero-order valence-electron chi connectivity index (χ0n) is 15.2. The van der Waals surface area contributed by atoms with Gasteiger partial charge in [-0.3, -0.25) is 14.4 Å². The van der Waals surface area contributed by atoms with Crippen LogP contribution in [0.2, 0.25) is 0 Å². The number of aliphatic hydroxyl groups is 1. The van der Waals surface area contributed by atoms with Gasteiger partial charge in [-0.25, -0.2) is 0 Å². The summed E-state index contributed by atoms with van der Waals surface area (Å²) in [7, 11) is 0. The van der Waals surface area contributed by atoms with Crippen LogP contribution >= 0.6 is 0 Å². The first-order chi connectivity index (χ1) is 13.5. The molecule has 0 spiro atoms. The number of aromatic amines is 1. The second-order valence-corrected chi connectivity index (χ2v) is 7.29. The molecule has 0 bridgehead atoms. The summed E-state index contributed by atoms with van der Waals surface area (Å²) in [5, 5.41) is 15.9. The normalized spacial score (nSPS) is 23.5. The van der Waals surface area contributed by atoms with Crippen molar-refractivity contribution in [3.05, 3.63) is 59.4 Å². The number of aromatic nitrogens is 1. The molecule has 2 aliphatic rings. The van der Waals surface area contributed by atoms with Gasteiger partial charge in [0.05, 0.1) is 12.1 Å². The molecule has 0 unspecified atom stereocenters. The first-order valence-corrected chi connectivity index (χ1v) is 9.30. The lowest BCUT2D eigenvalue weighted by Crippen LogP contribution is -2.45. The van der Waals surface area contributed by atoms with Gasteiger partial charge < -0.3 is 25.6 Å². The highest BCUT2D eigenvalue weighted by atomic mass is 16.3. The van der Waals surface area contributed by atoms with Crippen molar-refractivity contribution in [2.45, 2.75) is 37.6 Å². The zero-order chi connectivity index (χ0) is 19.7. The maximum atomic E-state index is 12.4. The number of hydrogen-bond donors (Lipinski definition) is 4. The molecular formula is C20H22N4O4. The molecular weight excluding hydrogens is 360 g/mol. The van der Waals surface area contributed by atoms with Crippen molar-refractivity contribution < 1.29 is 19.5 Å². The first-order valence-electron chi connectivity index (χ1n) is 9.30. The highest BCUT2D eigenvalue weighted by Gasteiger charge is 2.36. The summed E-state index contributed by atoms with van der Waals surface area (Å²) in [5.74, 6) is -0.718. The van der Waals surface area contributed by atoms with Crippen molar-refractivity contribution in [2.24, 2.45) is 0 Å². The number of carbonyl (C=O) groups excluding carboxylic acids is 3. The van der Waals surface area contributed by atoms with Crippen molar-refractivity contribution in [1.82, 2.24) is 20.5 Å². The SMILES string of the molecule is O=C(CN1Cc2ccccc2C1=O)N[C@@H]1C[C@@H](NC(=O)c2ccc[nH]2)C[C@H]1O. The first kappa shape index (κ1) is 18.2. The van der Waals surface area contributed by atoms with E-state index >= 15 is 0 Å². The largest absolute Gasteiger partial charge is 0.391 e. The summed E-state index contributed by atoms with van der Waals surface area (Å²) in [4.78, 5) is 41.2. The Morgan fingerprint density at radius 3 is 2.71 bits per heavy atom. The summed E-state index contributed by atoms with van der Waals surface area (Å²) in [6, 6.07) is 10.0. The minimum absolute atomic E-state index is 0.0593. The molecule has 0 radical (unpaired) electrons. The molecule has 3 amide bonds. The second kappa shape index (κ2) is 7.47. The van der Waals surface area contributed by atoms with Gasteiger partial charge in [-0.2, -0.15) is 0 Å². The lowest BCUT2D eigenvalue weighted by molar-refractivity contribution is -0.123. The number of H-pyrrole nitrogens is 1. The predicted octanol–water partition coefficient (Wildman–Crippen LogP) is 0.409. The van der Waals surface area contributed by atoms with Crippen molar-refractivity contribution in [3.8, 4) is 0 Å². The van der Waals surface area contributed by atoms with Gasteiger partial charge >= 0.3 is 0 Å². The molecule has 2 aromatic rings. The summed E-state index contributed by atoms with van der Waals surface area (Å²) in [5.41, 5.74) is 1.99. The Morgan fingerprint density at radius 2 is 1.96 bits per heavy atom. The van der Waals surface area contributed by atoms with E-state index in [0.717, 1.165) is 5.56 Å². The van der Waals surface area contributed by atoms with E-state index in [1.165, 1.54) is 4.90 Å². The number of nitrogens with one attached hydrogen (secondary N) is 3. The Bertz CT molecular complexity index is 895. The fourth-order valence-corrected chi connectivity index (χ4v) is 3.89. The van der Waals surface area contributed by atoms with E-state index in [9.17, 15) is 19.5 Å². The monoisotopic (exact) mass is 382 g/mol. The molecule has 2 heterocycles. The lowest BCUT2D eigenvalue weighted by Gasteiger charge is -2.20. The molecule has 146 valence electrons. The van der Waals surface area contributed by atoms with E-state index < -0.39 is 12.1 Å². The van der Waals surface area contributed by atoms with E-state index in [-0.39, 0.29) is 30.3 Å². The third-order valence-corrected chi connectivity index (χ3v) is 5.28. The van der Waals surface area contributed by atoms with E-state index in [1.807, 2.05) is 12.1 Å². The molecule has 1 aliphatic heterocycles. The highest BCUT2D eigenvalue weighted by molar-refractivity contribution is 6.00. The van der Waals surface area contributed by atoms with Crippen LogP contribution in [-0.4, -0.2) is 57.4 Å². The van der Waals surface area contributed by atoms with Gasteiger partial charge in [0, 0.05) is 24.3 Å². The summed E-state index contributed by atoms with van der Waals surface area (Å²) in [6.07, 6.45) is 1.72. The van der Waals surface area contributed by atoms with Crippen LogP contribution in [-0.2, 0) is 11.3 Å². The molecule has 28 heavy (non-hydrogen) atoms. The zero-order valence-corrected chi connectivity index (χ0v) is 15.2. The average Bonchev–Trinajstić information content (AvgIpc) is 3.37. The molecule has 1 saturated carbocycles. The van der Waals surface area contributed by atoms with Crippen LogP contribution in [0, 0.1) is 0 Å². The maximum Gasteiger partial charge on any atom is 0.267 e. The number of aliphatic hydroxyl groups excluding tert-OH is 1. The number of hydrogen-bond acceptors (Lipinski definition) is 4. The molecule has 8 heteroatoms. The third-order valence-electron chi connectivity index (χ3n) is 5.28. The predicted molar refractivity (Wildman–Crippen MR) is 100 cm³/mol. The van der Waals surface area contributed by atoms with Gasteiger partial charge in [-0.15, -0.1) is 0 Å². The average molecular weight is 382 g/mol. The van der Waals surface area contributed by atoms with E-state index in [2.05, 4.69) is 15.6 Å². The van der Waals surface area contributed by atoms with Crippen LogP contribution in [0.15, 0.2) is 42.6 Å². The molecule has 1 fully saturated rings. The molecule has 1 aromatic carbocycles. The van der Waals surface area contributed by atoms with Crippen LogP contribution in [0.1, 0.15) is 39.3 Å². The van der Waals surface area contributed by atoms with E-state index in [0.29, 0.717) is 30.6 Å². The van der Waals surface area contributed by atoms with Gasteiger partial charge in [0.2, 0.25) is 5.91 Å². The van der Waals surface area contributed by atoms with Crippen LogP contribution < -0.4 is 10.6 Å². The Balaban J connectivity index is 1.29. The van der Waals surface area contributed by atoms with Gasteiger partial charge in [-0.05, 0) is 36.6 Å². The Kier molecular flexibility index (Phi) is 4.87. The summed E-state index contributed by atoms with van der Waals surface area (Å²) in [6.45, 7) is 0.348. The van der Waals surface area contributed by atoms with Gasteiger partial charge in [-0.1, -0.05) is 18.2 Å². The van der Waals surface area contributed by atoms with Gasteiger partial charge in [0.1, 0.15) is 12.2 Å². The number of nitrogens with zero attached hydrogens (tertiary/aromatic N) is 1. The summed E-state index contributed by atoms with van der Waals surface area (Å²) >= 11 is 0. The van der Waals surface area contributed by atoms with Crippen LogP contribution in [0.25, 0.3) is 0 Å². The number of fused-ring (bicyclic) bond motifs is 1. The number of amides is 3. The maximum absolute atomic E-state index is 12.4. The minimum Gasteiger partial charge on any atom is -0.391 e. The fraction of sp³-hybridized carbons (Fsp3) is 0.350. The highest BCUT2D eigenvalue weighted by Crippen LogP contribution is 2.23. The molecule has 1 aromatic heterocycles. The lowest BCUT2D eigenvalue weighted by atomic mass is 10.1. The number of rotatable bonds is 5. The third kappa shape index (κ3) is 3.63. The molecule has 3 atom stereocenters. The van der Waals surface area contributed by atoms with E-state index in [4.69, 9.17) is 0 Å². The van der Waals surface area contributed by atoms with E-state index in [1.54, 1.807) is 30.5 Å². The molecule has 4 N–H and O–H groups in total. The Labute approximate surface area is 161 Å². The van der Waals surface area contributed by atoms with Crippen molar-refractivity contribution in [2.75, 3.05) is 6.54 Å². The molecule has 1 aliphatic carbocycles. The topological polar surface area (TPSA) is 115 Å².